The van der Waals surface area contributed by atoms with Crippen molar-refractivity contribution in [1.29, 1.82) is 0 Å². The van der Waals surface area contributed by atoms with Gasteiger partial charge in [0, 0.05) is 31.7 Å². The minimum atomic E-state index is 0. The van der Waals surface area contributed by atoms with Gasteiger partial charge in [0.1, 0.15) is 0 Å². The van der Waals surface area contributed by atoms with Crippen LogP contribution >= 0.6 is 0 Å². The molecule has 1 aliphatic carbocycles. The van der Waals surface area contributed by atoms with Crippen molar-refractivity contribution in [3.05, 3.63) is 65.4 Å². The van der Waals surface area contributed by atoms with E-state index in [1.54, 1.807) is 0 Å². The predicted molar refractivity (Wildman–Crippen MR) is 111 cm³/mol. The van der Waals surface area contributed by atoms with Gasteiger partial charge in [0.25, 0.3) is 0 Å². The molecule has 0 unspecified atom stereocenters. The second-order valence-electron chi connectivity index (χ2n) is 9.41. The maximum atomic E-state index is 4.75. The molecule has 0 aliphatic heterocycles. The largest absolute Gasteiger partial charge is 0.304 e. The summed E-state index contributed by atoms with van der Waals surface area (Å²) in [5, 5.41) is 2.46. The first-order valence-corrected chi connectivity index (χ1v) is 9.50. The maximum Gasteiger partial charge on any atom is 0.0242 e. The average molecular weight is 535 g/mol. The van der Waals surface area contributed by atoms with E-state index in [0.717, 1.165) is 11.3 Å². The molecule has 0 fully saturated rings. The number of pyridine rings is 1. The Hall–Kier alpha value is -1.50. The Kier molecular flexibility index (Phi) is 4.69. The number of rotatable bonds is 1. The first-order chi connectivity index (χ1) is 12.1. The molecular weight excluding hydrogens is 506 g/mol. The van der Waals surface area contributed by atoms with Gasteiger partial charge in [-0.2, -0.15) is 0 Å². The van der Waals surface area contributed by atoms with Crippen molar-refractivity contribution < 1.29 is 20.1 Å². The molecule has 1 radical (unpaired) electrons. The molecular formula is C25H28IrN-. The normalized spacial score (nSPS) is 18.8. The van der Waals surface area contributed by atoms with Crippen LogP contribution in [-0.4, -0.2) is 4.98 Å². The monoisotopic (exact) mass is 535 g/mol. The molecule has 4 rings (SSSR count). The fraction of sp³-hybridized carbons (Fsp3) is 0.400. The zero-order chi connectivity index (χ0) is 18.9. The number of nitrogens with zero attached hydrogens (tertiary/aromatic N) is 1. The third-order valence-corrected chi connectivity index (χ3v) is 7.68. The molecule has 1 heterocycles. The molecule has 1 aromatic heterocycles. The summed E-state index contributed by atoms with van der Waals surface area (Å²) in [6, 6.07) is 16.7. The minimum absolute atomic E-state index is 0. The van der Waals surface area contributed by atoms with Crippen molar-refractivity contribution in [2.24, 2.45) is 5.41 Å². The van der Waals surface area contributed by atoms with Gasteiger partial charge in [-0.15, -0.1) is 34.9 Å². The number of aryl methyl sites for hydroxylation is 1. The van der Waals surface area contributed by atoms with Crippen LogP contribution in [0.2, 0.25) is 0 Å². The van der Waals surface area contributed by atoms with Crippen molar-refractivity contribution in [2.45, 2.75) is 59.3 Å². The van der Waals surface area contributed by atoms with E-state index in [-0.39, 0.29) is 36.4 Å². The first kappa shape index (κ1) is 20.2. The molecule has 143 valence electrons. The Balaban J connectivity index is 0.00000210. The first-order valence-electron chi connectivity index (χ1n) is 9.50. The van der Waals surface area contributed by atoms with Crippen LogP contribution in [0.5, 0.6) is 0 Å². The molecule has 0 bridgehead atoms. The summed E-state index contributed by atoms with van der Waals surface area (Å²) >= 11 is 0. The van der Waals surface area contributed by atoms with Gasteiger partial charge in [-0.25, -0.2) is 0 Å². The summed E-state index contributed by atoms with van der Waals surface area (Å²) in [5.41, 5.74) is 6.61. The zero-order valence-electron chi connectivity index (χ0n) is 17.3. The van der Waals surface area contributed by atoms with Gasteiger partial charge in [0.2, 0.25) is 0 Å². The zero-order valence-corrected chi connectivity index (χ0v) is 19.7. The molecule has 0 amide bonds. The van der Waals surface area contributed by atoms with Crippen LogP contribution in [0.1, 0.15) is 58.2 Å². The van der Waals surface area contributed by atoms with E-state index in [1.807, 2.05) is 6.20 Å². The predicted octanol–water partition coefficient (Wildman–Crippen LogP) is 6.60. The summed E-state index contributed by atoms with van der Waals surface area (Å²) in [6.07, 6.45) is 2.00. The van der Waals surface area contributed by atoms with Gasteiger partial charge in [-0.3, -0.25) is 0 Å². The molecule has 2 heteroatoms. The summed E-state index contributed by atoms with van der Waals surface area (Å²) in [7, 11) is 0. The van der Waals surface area contributed by atoms with Crippen molar-refractivity contribution in [2.75, 3.05) is 0 Å². The molecule has 0 atom stereocenters. The smallest absolute Gasteiger partial charge is 0.0242 e. The summed E-state index contributed by atoms with van der Waals surface area (Å²) in [4.78, 5) is 4.75. The fourth-order valence-corrected chi connectivity index (χ4v) is 4.60. The van der Waals surface area contributed by atoms with Gasteiger partial charge in [-0.05, 0) is 39.8 Å². The number of benzene rings is 2. The van der Waals surface area contributed by atoms with Crippen LogP contribution in [0.3, 0.4) is 0 Å². The van der Waals surface area contributed by atoms with Crippen molar-refractivity contribution in [1.82, 2.24) is 4.98 Å². The number of hydrogen-bond acceptors (Lipinski definition) is 1. The SMILES string of the molecule is Cc1cccc2cc(-c3[c-]cc4c(c3)C(C)(C)C(C)(C)C4(C)C)ncc12.[Ir]. The average Bonchev–Trinajstić information content (AvgIpc) is 2.70. The van der Waals surface area contributed by atoms with E-state index < -0.39 is 0 Å². The van der Waals surface area contributed by atoms with E-state index in [0.29, 0.717) is 0 Å². The molecule has 1 nitrogen and oxygen atoms in total. The Morgan fingerprint density at radius 1 is 0.889 bits per heavy atom. The quantitative estimate of drug-likeness (QED) is 0.321. The minimum Gasteiger partial charge on any atom is -0.304 e. The maximum absolute atomic E-state index is 4.75. The molecule has 0 saturated carbocycles. The summed E-state index contributed by atoms with van der Waals surface area (Å²) < 4.78 is 0. The number of aromatic nitrogens is 1. The number of fused-ring (bicyclic) bond motifs is 2. The molecule has 0 N–H and O–H groups in total. The summed E-state index contributed by atoms with van der Waals surface area (Å²) in [5.74, 6) is 0. The van der Waals surface area contributed by atoms with Crippen molar-refractivity contribution >= 4 is 10.8 Å². The van der Waals surface area contributed by atoms with E-state index in [2.05, 4.69) is 90.9 Å². The van der Waals surface area contributed by atoms with Gasteiger partial charge in [0.05, 0.1) is 0 Å². The third-order valence-electron chi connectivity index (χ3n) is 7.68. The van der Waals surface area contributed by atoms with Gasteiger partial charge >= 0.3 is 0 Å². The Morgan fingerprint density at radius 2 is 1.56 bits per heavy atom. The van der Waals surface area contributed by atoms with E-state index in [9.17, 15) is 0 Å². The van der Waals surface area contributed by atoms with E-state index in [4.69, 9.17) is 4.98 Å². The van der Waals surface area contributed by atoms with Crippen LogP contribution in [0.4, 0.5) is 0 Å². The molecule has 3 aromatic rings. The summed E-state index contributed by atoms with van der Waals surface area (Å²) in [6.45, 7) is 16.4. The van der Waals surface area contributed by atoms with Crippen LogP contribution in [0.25, 0.3) is 22.0 Å². The second-order valence-corrected chi connectivity index (χ2v) is 9.41. The van der Waals surface area contributed by atoms with E-state index in [1.165, 1.54) is 27.5 Å². The van der Waals surface area contributed by atoms with Gasteiger partial charge in [-0.1, -0.05) is 65.8 Å². The Bertz CT molecular complexity index is 1030. The van der Waals surface area contributed by atoms with Crippen LogP contribution < -0.4 is 0 Å². The molecule has 1 aliphatic rings. The van der Waals surface area contributed by atoms with Crippen molar-refractivity contribution in [3.8, 4) is 11.3 Å². The van der Waals surface area contributed by atoms with Crippen LogP contribution in [0.15, 0.2) is 42.6 Å². The topological polar surface area (TPSA) is 12.9 Å². The fourth-order valence-electron chi connectivity index (χ4n) is 4.60. The second kappa shape index (κ2) is 6.26. The molecule has 0 saturated heterocycles. The van der Waals surface area contributed by atoms with Crippen LogP contribution in [-0.2, 0) is 30.9 Å². The molecule has 0 spiro atoms. The Morgan fingerprint density at radius 3 is 2.26 bits per heavy atom. The Labute approximate surface area is 177 Å². The van der Waals surface area contributed by atoms with Gasteiger partial charge < -0.3 is 4.98 Å². The van der Waals surface area contributed by atoms with Gasteiger partial charge in [0.15, 0.2) is 0 Å². The molecule has 27 heavy (non-hydrogen) atoms. The molecule has 2 aromatic carbocycles. The van der Waals surface area contributed by atoms with Crippen molar-refractivity contribution in [3.63, 3.8) is 0 Å². The third kappa shape index (κ3) is 2.64. The van der Waals surface area contributed by atoms with E-state index >= 15 is 0 Å². The number of hydrogen-bond donors (Lipinski definition) is 0. The standard InChI is InChI=1S/C25H28N.Ir/c1-16-9-8-10-17-14-22(26-15-19(16)17)18-11-12-20-21(13-18)24(4,5)25(6,7)23(20,2)3;/h8-10,12-15H,1-7H3;/q-1;. The van der Waals surface area contributed by atoms with Crippen LogP contribution in [0, 0.1) is 18.4 Å².